The Balaban J connectivity index is 1.37. The molecule has 1 aliphatic rings. The van der Waals surface area contributed by atoms with E-state index in [4.69, 9.17) is 16.0 Å². The molecule has 1 fully saturated rings. The van der Waals surface area contributed by atoms with E-state index in [1.807, 2.05) is 28.8 Å². The monoisotopic (exact) mass is 473 g/mol. The molecule has 1 aliphatic carbocycles. The predicted octanol–water partition coefficient (Wildman–Crippen LogP) is 4.49. The van der Waals surface area contributed by atoms with Gasteiger partial charge in [0, 0.05) is 28.8 Å². The second kappa shape index (κ2) is 10.7. The minimum absolute atomic E-state index is 0.170. The van der Waals surface area contributed by atoms with Gasteiger partial charge in [-0.2, -0.15) is 0 Å². The molecule has 0 radical (unpaired) electrons. The van der Waals surface area contributed by atoms with Gasteiger partial charge in [-0.3, -0.25) is 14.7 Å². The van der Waals surface area contributed by atoms with Crippen LogP contribution in [0.2, 0.25) is 5.02 Å². The Hall–Kier alpha value is -2.78. The fourth-order valence-electron chi connectivity index (χ4n) is 3.62. The molecule has 0 saturated heterocycles. The first-order chi connectivity index (χ1) is 15.6. The van der Waals surface area contributed by atoms with Gasteiger partial charge in [0.25, 0.3) is 0 Å². The van der Waals surface area contributed by atoms with Crippen LogP contribution in [0, 0.1) is 0 Å². The Labute approximate surface area is 195 Å². The third-order valence-corrected chi connectivity index (χ3v) is 6.44. The fourth-order valence-corrected chi connectivity index (χ4v) is 4.63. The highest BCUT2D eigenvalue weighted by Crippen LogP contribution is 2.26. The molecule has 1 aromatic carbocycles. The predicted molar refractivity (Wildman–Crippen MR) is 123 cm³/mol. The zero-order valence-corrected chi connectivity index (χ0v) is 19.0. The molecule has 1 saturated carbocycles. The van der Waals surface area contributed by atoms with Crippen molar-refractivity contribution in [2.24, 2.45) is 0 Å². The van der Waals surface area contributed by atoms with Gasteiger partial charge >= 0.3 is 6.03 Å². The largest absolute Gasteiger partial charge is 0.467 e. The topological polar surface area (TPSA) is 102 Å². The van der Waals surface area contributed by atoms with E-state index in [9.17, 15) is 9.59 Å². The Morgan fingerprint density at radius 3 is 2.66 bits per heavy atom. The minimum atomic E-state index is -0.419. The number of hydrogen-bond acceptors (Lipinski definition) is 6. The van der Waals surface area contributed by atoms with Crippen LogP contribution < -0.4 is 10.6 Å². The molecular formula is C22H24ClN5O3S. The number of urea groups is 1. The summed E-state index contributed by atoms with van der Waals surface area (Å²) in [5, 5.41) is 15.2. The zero-order chi connectivity index (χ0) is 22.3. The highest BCUT2D eigenvalue weighted by molar-refractivity contribution is 7.99. The Kier molecular flexibility index (Phi) is 7.49. The minimum Gasteiger partial charge on any atom is -0.467 e. The summed E-state index contributed by atoms with van der Waals surface area (Å²) in [5.41, 5.74) is 0.877. The van der Waals surface area contributed by atoms with Crippen molar-refractivity contribution in [1.29, 1.82) is 0 Å². The second-order valence-electron chi connectivity index (χ2n) is 7.58. The van der Waals surface area contributed by atoms with Crippen LogP contribution in [0.25, 0.3) is 11.4 Å². The van der Waals surface area contributed by atoms with E-state index in [0.29, 0.717) is 28.3 Å². The van der Waals surface area contributed by atoms with E-state index >= 15 is 0 Å². The van der Waals surface area contributed by atoms with Gasteiger partial charge < -0.3 is 9.73 Å². The number of imide groups is 1. The summed E-state index contributed by atoms with van der Waals surface area (Å²) in [7, 11) is 0. The van der Waals surface area contributed by atoms with Crippen LogP contribution >= 0.6 is 23.4 Å². The lowest BCUT2D eigenvalue weighted by atomic mass is 10.2. The lowest BCUT2D eigenvalue weighted by molar-refractivity contribution is -0.119. The standard InChI is InChI=1S/C22H24ClN5O3S/c23-16-9-7-15(8-10-16)20-26-27-22(28(20)14-18-6-3-12-31-18)32-13-11-19(29)25-21(30)24-17-4-1-2-5-17/h3,6-10,12,17H,1-2,4-5,11,13-14H2,(H2,24,25,29,30). The first-order valence-electron chi connectivity index (χ1n) is 10.5. The quantitative estimate of drug-likeness (QED) is 0.467. The van der Waals surface area contributed by atoms with E-state index in [1.54, 1.807) is 18.4 Å². The Bertz CT molecular complexity index is 1050. The number of aromatic nitrogens is 3. The second-order valence-corrected chi connectivity index (χ2v) is 9.08. The van der Waals surface area contributed by atoms with Crippen molar-refractivity contribution >= 4 is 35.3 Å². The molecule has 0 atom stereocenters. The van der Waals surface area contributed by atoms with Gasteiger partial charge in [-0.25, -0.2) is 4.79 Å². The molecular weight excluding hydrogens is 450 g/mol. The normalized spacial score (nSPS) is 13.9. The van der Waals surface area contributed by atoms with Crippen molar-refractivity contribution in [3.8, 4) is 11.4 Å². The maximum absolute atomic E-state index is 12.2. The Morgan fingerprint density at radius 1 is 1.16 bits per heavy atom. The van der Waals surface area contributed by atoms with E-state index in [1.165, 1.54) is 11.8 Å². The van der Waals surface area contributed by atoms with Crippen molar-refractivity contribution in [2.75, 3.05) is 5.75 Å². The summed E-state index contributed by atoms with van der Waals surface area (Å²) in [6, 6.07) is 10.8. The highest BCUT2D eigenvalue weighted by atomic mass is 35.5. The van der Waals surface area contributed by atoms with Gasteiger partial charge in [0.15, 0.2) is 11.0 Å². The summed E-state index contributed by atoms with van der Waals surface area (Å²) >= 11 is 7.42. The van der Waals surface area contributed by atoms with Crippen LogP contribution in [-0.4, -0.2) is 38.5 Å². The van der Waals surface area contributed by atoms with E-state index in [-0.39, 0.29) is 18.4 Å². The number of benzene rings is 1. The molecule has 32 heavy (non-hydrogen) atoms. The molecule has 0 bridgehead atoms. The number of furan rings is 1. The zero-order valence-electron chi connectivity index (χ0n) is 17.4. The first-order valence-corrected chi connectivity index (χ1v) is 11.9. The summed E-state index contributed by atoms with van der Waals surface area (Å²) in [6.07, 6.45) is 5.98. The van der Waals surface area contributed by atoms with Crippen LogP contribution in [0.15, 0.2) is 52.2 Å². The van der Waals surface area contributed by atoms with E-state index in [0.717, 1.165) is 37.0 Å². The molecule has 2 heterocycles. The number of halogens is 1. The van der Waals surface area contributed by atoms with Crippen molar-refractivity contribution in [2.45, 2.75) is 49.8 Å². The lowest BCUT2D eigenvalue weighted by Gasteiger charge is -2.12. The summed E-state index contributed by atoms with van der Waals surface area (Å²) < 4.78 is 7.44. The maximum Gasteiger partial charge on any atom is 0.321 e. The Morgan fingerprint density at radius 2 is 1.94 bits per heavy atom. The van der Waals surface area contributed by atoms with E-state index in [2.05, 4.69) is 20.8 Å². The number of amides is 3. The van der Waals surface area contributed by atoms with Crippen LogP contribution in [0.1, 0.15) is 37.9 Å². The van der Waals surface area contributed by atoms with Crippen molar-refractivity contribution in [3.63, 3.8) is 0 Å². The number of carbonyl (C=O) groups is 2. The third-order valence-electron chi connectivity index (χ3n) is 5.22. The lowest BCUT2D eigenvalue weighted by Crippen LogP contribution is -2.43. The SMILES string of the molecule is O=C(CCSc1nnc(-c2ccc(Cl)cc2)n1Cc1ccco1)NC(=O)NC1CCCC1. The molecule has 168 valence electrons. The van der Waals surface area contributed by atoms with Crippen LogP contribution in [0.3, 0.4) is 0 Å². The molecule has 0 spiro atoms. The molecule has 8 nitrogen and oxygen atoms in total. The molecule has 2 N–H and O–H groups in total. The van der Waals surface area contributed by atoms with Gasteiger partial charge in [-0.15, -0.1) is 10.2 Å². The maximum atomic E-state index is 12.2. The smallest absolute Gasteiger partial charge is 0.321 e. The fraction of sp³-hybridized carbons (Fsp3) is 0.364. The van der Waals surface area contributed by atoms with E-state index < -0.39 is 6.03 Å². The molecule has 3 aromatic rings. The number of carbonyl (C=O) groups excluding carboxylic acids is 2. The molecule has 4 rings (SSSR count). The summed E-state index contributed by atoms with van der Waals surface area (Å²) in [5.74, 6) is 1.59. The van der Waals surface area contributed by atoms with Crippen molar-refractivity contribution in [3.05, 3.63) is 53.4 Å². The highest BCUT2D eigenvalue weighted by Gasteiger charge is 2.19. The van der Waals surface area contributed by atoms with Gasteiger partial charge in [-0.05, 0) is 49.2 Å². The molecule has 3 amide bonds. The molecule has 2 aromatic heterocycles. The number of nitrogens with one attached hydrogen (secondary N) is 2. The number of thioether (sulfide) groups is 1. The molecule has 0 unspecified atom stereocenters. The summed E-state index contributed by atoms with van der Waals surface area (Å²) in [6.45, 7) is 0.455. The first kappa shape index (κ1) is 22.4. The van der Waals surface area contributed by atoms with Crippen molar-refractivity contribution < 1.29 is 14.0 Å². The number of rotatable bonds is 8. The molecule has 0 aliphatic heterocycles. The van der Waals surface area contributed by atoms with Gasteiger partial charge in [0.2, 0.25) is 5.91 Å². The number of nitrogens with zero attached hydrogens (tertiary/aromatic N) is 3. The number of hydrogen-bond donors (Lipinski definition) is 2. The average Bonchev–Trinajstić information content (AvgIpc) is 3.53. The van der Waals surface area contributed by atoms with Crippen LogP contribution in [-0.2, 0) is 11.3 Å². The average molecular weight is 474 g/mol. The van der Waals surface area contributed by atoms with Gasteiger partial charge in [-0.1, -0.05) is 36.2 Å². The van der Waals surface area contributed by atoms with Gasteiger partial charge in [0.05, 0.1) is 12.8 Å². The van der Waals surface area contributed by atoms with Crippen LogP contribution in [0.5, 0.6) is 0 Å². The third kappa shape index (κ3) is 5.92. The van der Waals surface area contributed by atoms with Gasteiger partial charge in [0.1, 0.15) is 5.76 Å². The van der Waals surface area contributed by atoms with Crippen LogP contribution in [0.4, 0.5) is 4.79 Å². The summed E-state index contributed by atoms with van der Waals surface area (Å²) in [4.78, 5) is 24.1. The van der Waals surface area contributed by atoms with Crippen molar-refractivity contribution in [1.82, 2.24) is 25.4 Å². The molecule has 10 heteroatoms.